The molecule has 4 nitrogen and oxygen atoms in total. The Hall–Kier alpha value is -2.88. The molecule has 0 heterocycles. The van der Waals surface area contributed by atoms with Crippen LogP contribution in [-0.4, -0.2) is 24.0 Å². The molecule has 0 aliphatic carbocycles. The van der Waals surface area contributed by atoms with Gasteiger partial charge in [0, 0.05) is 12.5 Å². The van der Waals surface area contributed by atoms with Crippen LogP contribution in [-0.2, 0) is 16.0 Å². The van der Waals surface area contributed by atoms with Gasteiger partial charge in [0.15, 0.2) is 0 Å². The summed E-state index contributed by atoms with van der Waals surface area (Å²) in [6, 6.07) is 18.3. The number of hydrogen-bond acceptors (Lipinski definition) is 3. The largest absolute Gasteiger partial charge is 0.456 e. The summed E-state index contributed by atoms with van der Waals surface area (Å²) in [5, 5.41) is 2.95. The molecule has 2 rings (SSSR count). The molecule has 1 unspecified atom stereocenters. The van der Waals surface area contributed by atoms with E-state index in [2.05, 4.69) is 11.9 Å². The molecule has 0 aliphatic rings. The molecule has 2 aromatic rings. The van der Waals surface area contributed by atoms with E-state index in [1.165, 1.54) is 6.92 Å². The number of amides is 1. The zero-order valence-electron chi connectivity index (χ0n) is 13.6. The molecule has 0 fully saturated rings. The normalized spacial score (nSPS) is 12.7. The predicted molar refractivity (Wildman–Crippen MR) is 93.6 cm³/mol. The number of carbonyl (C=O) groups excluding carboxylic acids is 2. The average molecular weight is 323 g/mol. The summed E-state index contributed by atoms with van der Waals surface area (Å²) in [5.74, 6) is -0.623. The average Bonchev–Trinajstić information content (AvgIpc) is 2.60. The van der Waals surface area contributed by atoms with Gasteiger partial charge in [-0.25, -0.2) is 0 Å². The molecule has 4 heteroatoms. The molecule has 124 valence electrons. The van der Waals surface area contributed by atoms with Crippen LogP contribution in [0.25, 0.3) is 0 Å². The van der Waals surface area contributed by atoms with Crippen LogP contribution in [0.4, 0.5) is 0 Å². The van der Waals surface area contributed by atoms with Crippen LogP contribution in [0.15, 0.2) is 73.3 Å². The van der Waals surface area contributed by atoms with Crippen LogP contribution in [0.2, 0.25) is 0 Å². The molecule has 1 N–H and O–H groups in total. The van der Waals surface area contributed by atoms with Gasteiger partial charge in [-0.1, -0.05) is 55.1 Å². The summed E-state index contributed by atoms with van der Waals surface area (Å²) >= 11 is 0. The van der Waals surface area contributed by atoms with Gasteiger partial charge in [0.1, 0.15) is 6.10 Å². The van der Waals surface area contributed by atoms with Gasteiger partial charge >= 0.3 is 5.97 Å². The van der Waals surface area contributed by atoms with Crippen molar-refractivity contribution in [1.82, 2.24) is 5.32 Å². The molecular formula is C20H21NO3. The van der Waals surface area contributed by atoms with E-state index in [-0.39, 0.29) is 5.91 Å². The van der Waals surface area contributed by atoms with Gasteiger partial charge in [-0.2, -0.15) is 0 Å². The van der Waals surface area contributed by atoms with Crippen molar-refractivity contribution in [2.75, 3.05) is 0 Å². The summed E-state index contributed by atoms with van der Waals surface area (Å²) in [5.41, 5.74) is 1.59. The Balaban J connectivity index is 2.19. The smallest absolute Gasteiger partial charge is 0.303 e. The lowest BCUT2D eigenvalue weighted by molar-refractivity contribution is -0.145. The molecular weight excluding hydrogens is 302 g/mol. The van der Waals surface area contributed by atoms with Crippen LogP contribution in [0.3, 0.4) is 0 Å². The highest BCUT2D eigenvalue weighted by Crippen LogP contribution is 2.11. The minimum Gasteiger partial charge on any atom is -0.456 e. The topological polar surface area (TPSA) is 55.4 Å². The summed E-state index contributed by atoms with van der Waals surface area (Å²) in [4.78, 5) is 23.8. The van der Waals surface area contributed by atoms with Crippen LogP contribution in [0.5, 0.6) is 0 Å². The Bertz CT molecular complexity index is 683. The summed E-state index contributed by atoms with van der Waals surface area (Å²) < 4.78 is 5.30. The van der Waals surface area contributed by atoms with Crippen molar-refractivity contribution >= 4 is 11.9 Å². The summed E-state index contributed by atoms with van der Waals surface area (Å²) in [6.45, 7) is 5.07. The summed E-state index contributed by atoms with van der Waals surface area (Å²) in [6.07, 6.45) is 1.47. The van der Waals surface area contributed by atoms with Gasteiger partial charge in [0.2, 0.25) is 0 Å². The first kappa shape index (κ1) is 17.5. The van der Waals surface area contributed by atoms with Crippen LogP contribution in [0, 0.1) is 0 Å². The highest BCUT2D eigenvalue weighted by molar-refractivity contribution is 5.94. The first-order valence-electron chi connectivity index (χ1n) is 7.79. The van der Waals surface area contributed by atoms with Crippen molar-refractivity contribution in [2.24, 2.45) is 0 Å². The third kappa shape index (κ3) is 5.09. The van der Waals surface area contributed by atoms with Gasteiger partial charge in [-0.15, -0.1) is 0 Å². The molecule has 0 radical (unpaired) electrons. The maximum Gasteiger partial charge on any atom is 0.303 e. The fourth-order valence-electron chi connectivity index (χ4n) is 2.44. The molecule has 2 atom stereocenters. The molecule has 0 saturated heterocycles. The summed E-state index contributed by atoms with van der Waals surface area (Å²) in [7, 11) is 0. The monoisotopic (exact) mass is 323 g/mol. The Morgan fingerprint density at radius 2 is 1.67 bits per heavy atom. The Morgan fingerprint density at radius 1 is 1.08 bits per heavy atom. The highest BCUT2D eigenvalue weighted by Gasteiger charge is 2.24. The molecule has 0 aliphatic heterocycles. The van der Waals surface area contributed by atoms with Crippen LogP contribution >= 0.6 is 0 Å². The maximum absolute atomic E-state index is 12.5. The quantitative estimate of drug-likeness (QED) is 0.629. The van der Waals surface area contributed by atoms with Gasteiger partial charge in [-0.05, 0) is 30.2 Å². The number of carbonyl (C=O) groups is 2. The fourth-order valence-corrected chi connectivity index (χ4v) is 2.44. The van der Waals surface area contributed by atoms with E-state index in [1.807, 2.05) is 36.4 Å². The van der Waals surface area contributed by atoms with E-state index in [1.54, 1.807) is 30.3 Å². The molecule has 2 aromatic carbocycles. The lowest BCUT2D eigenvalue weighted by atomic mass is 10.0. The van der Waals surface area contributed by atoms with E-state index in [0.29, 0.717) is 12.0 Å². The van der Waals surface area contributed by atoms with Crippen molar-refractivity contribution in [3.63, 3.8) is 0 Å². The van der Waals surface area contributed by atoms with Crippen molar-refractivity contribution in [1.29, 1.82) is 0 Å². The van der Waals surface area contributed by atoms with E-state index in [0.717, 1.165) is 5.56 Å². The van der Waals surface area contributed by atoms with Crippen molar-refractivity contribution in [3.05, 3.63) is 84.4 Å². The third-order valence-corrected chi connectivity index (χ3v) is 3.58. The van der Waals surface area contributed by atoms with Gasteiger partial charge in [0.25, 0.3) is 5.91 Å². The molecule has 24 heavy (non-hydrogen) atoms. The minimum atomic E-state index is -0.602. The predicted octanol–water partition coefficient (Wildman–Crippen LogP) is 3.15. The number of benzene rings is 2. The molecule has 0 aromatic heterocycles. The lowest BCUT2D eigenvalue weighted by Gasteiger charge is -2.25. The minimum absolute atomic E-state index is 0.212. The molecule has 1 amide bonds. The zero-order chi connectivity index (χ0) is 17.4. The first-order chi connectivity index (χ1) is 11.6. The maximum atomic E-state index is 12.5. The van der Waals surface area contributed by atoms with Gasteiger partial charge in [-0.3, -0.25) is 9.59 Å². The van der Waals surface area contributed by atoms with Crippen LogP contribution < -0.4 is 5.32 Å². The molecule has 0 saturated carbocycles. The Morgan fingerprint density at radius 3 is 2.21 bits per heavy atom. The van der Waals surface area contributed by atoms with Crippen molar-refractivity contribution < 1.29 is 14.3 Å². The SMILES string of the molecule is C=CC(OC(C)=O)[C@@H](Cc1ccccc1)NC(=O)c1ccccc1. The Kier molecular flexibility index (Phi) is 6.32. The number of esters is 1. The Labute approximate surface area is 142 Å². The van der Waals surface area contributed by atoms with E-state index in [4.69, 9.17) is 4.74 Å². The second-order valence-corrected chi connectivity index (χ2v) is 5.45. The van der Waals surface area contributed by atoms with E-state index in [9.17, 15) is 9.59 Å². The van der Waals surface area contributed by atoms with Crippen molar-refractivity contribution in [3.8, 4) is 0 Å². The van der Waals surface area contributed by atoms with Gasteiger partial charge < -0.3 is 10.1 Å². The number of hydrogen-bond donors (Lipinski definition) is 1. The standard InChI is InChI=1S/C20H21NO3/c1-3-19(24-15(2)22)18(14-16-10-6-4-7-11-16)21-20(23)17-12-8-5-9-13-17/h3-13,18-19H,1,14H2,2H3,(H,21,23)/t18-,19?/m1/s1. The van der Waals surface area contributed by atoms with Gasteiger partial charge in [0.05, 0.1) is 6.04 Å². The fraction of sp³-hybridized carbons (Fsp3) is 0.200. The number of rotatable bonds is 7. The number of ether oxygens (including phenoxy) is 1. The van der Waals surface area contributed by atoms with Crippen molar-refractivity contribution in [2.45, 2.75) is 25.5 Å². The van der Waals surface area contributed by atoms with Crippen LogP contribution in [0.1, 0.15) is 22.8 Å². The number of nitrogens with one attached hydrogen (secondary N) is 1. The van der Waals surface area contributed by atoms with E-state index < -0.39 is 18.1 Å². The molecule has 0 spiro atoms. The van der Waals surface area contributed by atoms with E-state index >= 15 is 0 Å². The lowest BCUT2D eigenvalue weighted by Crippen LogP contribution is -2.45. The molecule has 0 bridgehead atoms. The highest BCUT2D eigenvalue weighted by atomic mass is 16.5. The second kappa shape index (κ2) is 8.67. The first-order valence-corrected chi connectivity index (χ1v) is 7.79. The third-order valence-electron chi connectivity index (χ3n) is 3.58. The second-order valence-electron chi connectivity index (χ2n) is 5.45. The zero-order valence-corrected chi connectivity index (χ0v) is 13.6.